The molecule has 1 saturated heterocycles. The van der Waals surface area contributed by atoms with Crippen LogP contribution >= 0.6 is 35.7 Å². The van der Waals surface area contributed by atoms with Gasteiger partial charge < -0.3 is 5.11 Å². The molecule has 1 N–H and O–H groups in total. The Balaban J connectivity index is 2.09. The van der Waals surface area contributed by atoms with E-state index in [0.29, 0.717) is 33.0 Å². The molecule has 0 bridgehead atoms. The monoisotopic (exact) mass is 355 g/mol. The molecule has 0 spiro atoms. The predicted octanol–water partition coefficient (Wildman–Crippen LogP) is 2.26. The molecule has 0 aliphatic carbocycles. The van der Waals surface area contributed by atoms with Gasteiger partial charge in [0.25, 0.3) is 5.91 Å². The SMILES string of the molecule is CSc1nccc(/C=C2\SC(=S)N(CCCC(=O)O)C2=O)n1. The van der Waals surface area contributed by atoms with Crippen LogP contribution in [0.25, 0.3) is 6.08 Å². The molecule has 0 unspecified atom stereocenters. The second kappa shape index (κ2) is 7.70. The van der Waals surface area contributed by atoms with Crippen molar-refractivity contribution in [2.24, 2.45) is 0 Å². The van der Waals surface area contributed by atoms with Gasteiger partial charge in [-0.3, -0.25) is 14.5 Å². The fraction of sp³-hybridized carbons (Fsp3) is 0.308. The summed E-state index contributed by atoms with van der Waals surface area (Å²) in [6.45, 7) is 0.314. The van der Waals surface area contributed by atoms with Crippen molar-refractivity contribution in [1.29, 1.82) is 0 Å². The average Bonchev–Trinajstić information content (AvgIpc) is 2.74. The lowest BCUT2D eigenvalue weighted by Gasteiger charge is -2.13. The highest BCUT2D eigenvalue weighted by Crippen LogP contribution is 2.32. The number of hydrogen-bond donors (Lipinski definition) is 1. The van der Waals surface area contributed by atoms with Crippen molar-refractivity contribution >= 4 is 58.0 Å². The Morgan fingerprint density at radius 2 is 2.36 bits per heavy atom. The molecule has 2 heterocycles. The third-order valence-electron chi connectivity index (χ3n) is 2.76. The Hall–Kier alpha value is -1.45. The van der Waals surface area contributed by atoms with E-state index in [2.05, 4.69) is 9.97 Å². The molecule has 1 aliphatic heterocycles. The number of carbonyl (C=O) groups is 2. The lowest BCUT2D eigenvalue weighted by atomic mass is 10.3. The van der Waals surface area contributed by atoms with E-state index in [1.54, 1.807) is 18.3 Å². The van der Waals surface area contributed by atoms with Crippen LogP contribution in [0.3, 0.4) is 0 Å². The van der Waals surface area contributed by atoms with Gasteiger partial charge in [-0.1, -0.05) is 35.7 Å². The summed E-state index contributed by atoms with van der Waals surface area (Å²) >= 11 is 7.81. The summed E-state index contributed by atoms with van der Waals surface area (Å²) in [4.78, 5) is 33.1. The van der Waals surface area contributed by atoms with E-state index in [1.807, 2.05) is 6.26 Å². The molecule has 0 saturated carbocycles. The van der Waals surface area contributed by atoms with Crippen LogP contribution in [0.2, 0.25) is 0 Å². The van der Waals surface area contributed by atoms with Crippen LogP contribution in [0, 0.1) is 0 Å². The van der Waals surface area contributed by atoms with Crippen LogP contribution in [0.15, 0.2) is 22.3 Å². The van der Waals surface area contributed by atoms with Gasteiger partial charge in [0.05, 0.1) is 10.6 Å². The number of aliphatic carboxylic acids is 1. The van der Waals surface area contributed by atoms with Gasteiger partial charge in [-0.25, -0.2) is 9.97 Å². The van der Waals surface area contributed by atoms with E-state index in [0.717, 1.165) is 0 Å². The Morgan fingerprint density at radius 1 is 1.59 bits per heavy atom. The van der Waals surface area contributed by atoms with Gasteiger partial charge in [-0.15, -0.1) is 0 Å². The van der Waals surface area contributed by atoms with Crippen LogP contribution < -0.4 is 0 Å². The van der Waals surface area contributed by atoms with Crippen molar-refractivity contribution < 1.29 is 14.7 Å². The predicted molar refractivity (Wildman–Crippen MR) is 90.6 cm³/mol. The van der Waals surface area contributed by atoms with Gasteiger partial charge >= 0.3 is 5.97 Å². The highest BCUT2D eigenvalue weighted by Gasteiger charge is 2.31. The van der Waals surface area contributed by atoms with Gasteiger partial charge in [-0.05, 0) is 24.8 Å². The first-order valence-electron chi connectivity index (χ1n) is 6.35. The highest BCUT2D eigenvalue weighted by atomic mass is 32.2. The zero-order valence-corrected chi connectivity index (χ0v) is 14.1. The quantitative estimate of drug-likeness (QED) is 0.360. The molecule has 1 fully saturated rings. The standard InChI is InChI=1S/C13H13N3O3S3/c1-21-12-14-5-4-8(15-12)7-9-11(19)16(13(20)22-9)6-2-3-10(17)18/h4-5,7H,2-3,6H2,1H3,(H,17,18)/b9-7-. The first-order valence-corrected chi connectivity index (χ1v) is 8.80. The third-order valence-corrected chi connectivity index (χ3v) is 4.70. The summed E-state index contributed by atoms with van der Waals surface area (Å²) in [6.07, 6.45) is 5.58. The molecule has 22 heavy (non-hydrogen) atoms. The van der Waals surface area contributed by atoms with E-state index in [1.165, 1.54) is 28.4 Å². The number of thiocarbonyl (C=S) groups is 1. The minimum Gasteiger partial charge on any atom is -0.481 e. The molecule has 1 aromatic rings. The molecule has 2 rings (SSSR count). The van der Waals surface area contributed by atoms with Crippen LogP contribution in [-0.4, -0.2) is 49.0 Å². The minimum atomic E-state index is -0.883. The van der Waals surface area contributed by atoms with Crippen LogP contribution in [0.5, 0.6) is 0 Å². The van der Waals surface area contributed by atoms with Gasteiger partial charge in [-0.2, -0.15) is 0 Å². The average molecular weight is 355 g/mol. The minimum absolute atomic E-state index is 0.0130. The zero-order valence-electron chi connectivity index (χ0n) is 11.7. The molecule has 6 nitrogen and oxygen atoms in total. The lowest BCUT2D eigenvalue weighted by molar-refractivity contribution is -0.137. The van der Waals surface area contributed by atoms with Crippen molar-refractivity contribution in [2.75, 3.05) is 12.8 Å². The lowest BCUT2D eigenvalue weighted by Crippen LogP contribution is -2.29. The molecule has 116 valence electrons. The molecule has 1 amide bonds. The number of aromatic nitrogens is 2. The van der Waals surface area contributed by atoms with Gasteiger partial charge in [0.2, 0.25) is 0 Å². The fourth-order valence-corrected chi connectivity index (χ4v) is 3.40. The molecule has 1 aliphatic rings. The Morgan fingerprint density at radius 3 is 3.05 bits per heavy atom. The smallest absolute Gasteiger partial charge is 0.303 e. The number of nitrogens with zero attached hydrogens (tertiary/aromatic N) is 3. The maximum Gasteiger partial charge on any atom is 0.303 e. The first kappa shape index (κ1) is 16.9. The highest BCUT2D eigenvalue weighted by molar-refractivity contribution is 8.26. The van der Waals surface area contributed by atoms with E-state index in [9.17, 15) is 9.59 Å². The van der Waals surface area contributed by atoms with Crippen molar-refractivity contribution in [2.45, 2.75) is 18.0 Å². The van der Waals surface area contributed by atoms with E-state index in [-0.39, 0.29) is 12.3 Å². The Bertz CT molecular complexity index is 648. The summed E-state index contributed by atoms with van der Waals surface area (Å²) in [7, 11) is 0. The fourth-order valence-electron chi connectivity index (χ4n) is 1.75. The van der Waals surface area contributed by atoms with Crippen LogP contribution in [0.4, 0.5) is 0 Å². The number of carbonyl (C=O) groups excluding carboxylic acids is 1. The number of thioether (sulfide) groups is 2. The molecule has 0 aromatic carbocycles. The third kappa shape index (κ3) is 4.28. The maximum atomic E-state index is 12.3. The van der Waals surface area contributed by atoms with Crippen LogP contribution in [-0.2, 0) is 9.59 Å². The zero-order chi connectivity index (χ0) is 16.1. The van der Waals surface area contributed by atoms with Crippen molar-refractivity contribution in [3.63, 3.8) is 0 Å². The number of carboxylic acids is 1. The van der Waals surface area contributed by atoms with Crippen LogP contribution in [0.1, 0.15) is 18.5 Å². The summed E-state index contributed by atoms with van der Waals surface area (Å²) in [6, 6.07) is 1.72. The number of hydrogen-bond acceptors (Lipinski definition) is 7. The molecular weight excluding hydrogens is 342 g/mol. The van der Waals surface area contributed by atoms with Gasteiger partial charge in [0.1, 0.15) is 4.32 Å². The van der Waals surface area contributed by atoms with E-state index >= 15 is 0 Å². The summed E-state index contributed by atoms with van der Waals surface area (Å²) in [5.74, 6) is -1.09. The van der Waals surface area contributed by atoms with Crippen molar-refractivity contribution in [3.8, 4) is 0 Å². The normalized spacial score (nSPS) is 16.6. The van der Waals surface area contributed by atoms with Gasteiger partial charge in [0.15, 0.2) is 5.16 Å². The molecule has 1 aromatic heterocycles. The van der Waals surface area contributed by atoms with E-state index < -0.39 is 5.97 Å². The summed E-state index contributed by atoms with van der Waals surface area (Å²) in [5, 5.41) is 9.28. The second-order valence-electron chi connectivity index (χ2n) is 4.30. The van der Waals surface area contributed by atoms with Gasteiger partial charge in [0, 0.05) is 19.2 Å². The van der Waals surface area contributed by atoms with Crippen molar-refractivity contribution in [1.82, 2.24) is 14.9 Å². The topological polar surface area (TPSA) is 83.4 Å². The second-order valence-corrected chi connectivity index (χ2v) is 6.75. The molecule has 9 heteroatoms. The maximum absolute atomic E-state index is 12.3. The number of carboxylic acid groups (broad SMARTS) is 1. The Kier molecular flexibility index (Phi) is 5.92. The first-order chi connectivity index (χ1) is 10.5. The molecule has 0 radical (unpaired) electrons. The largest absolute Gasteiger partial charge is 0.481 e. The number of amides is 1. The molecule has 0 atom stereocenters. The van der Waals surface area contributed by atoms with E-state index in [4.69, 9.17) is 17.3 Å². The molecular formula is C13H13N3O3S3. The summed E-state index contributed by atoms with van der Waals surface area (Å²) in [5.41, 5.74) is 0.644. The van der Waals surface area contributed by atoms with Crippen molar-refractivity contribution in [3.05, 3.63) is 22.9 Å². The Labute approximate surface area is 141 Å². The summed E-state index contributed by atoms with van der Waals surface area (Å²) < 4.78 is 0.445. The number of rotatable bonds is 6.